The molecule has 0 unspecified atom stereocenters. The van der Waals surface area contributed by atoms with Crippen LogP contribution in [0.5, 0.6) is 0 Å². The third kappa shape index (κ3) is 7.03. The molecular formula is C22H32F2N8S4. The van der Waals surface area contributed by atoms with Crippen molar-refractivity contribution in [3.8, 4) is 10.8 Å². The zero-order valence-corrected chi connectivity index (χ0v) is 24.5. The van der Waals surface area contributed by atoms with Crippen LogP contribution < -0.4 is 14.9 Å². The van der Waals surface area contributed by atoms with Crippen LogP contribution in [0.3, 0.4) is 0 Å². The Hall–Kier alpha value is -1.61. The Bertz CT molecular complexity index is 1180. The van der Waals surface area contributed by atoms with Crippen LogP contribution in [0.1, 0.15) is 45.0 Å². The predicted octanol–water partition coefficient (Wildman–Crippen LogP) is 5.52. The molecule has 0 bridgehead atoms. The number of halogens is 2. The number of rotatable bonds is 6. The molecule has 0 amide bonds. The molecular weight excluding hydrogens is 543 g/mol. The van der Waals surface area contributed by atoms with Crippen molar-refractivity contribution >= 4 is 59.0 Å². The molecule has 8 nitrogen and oxygen atoms in total. The molecule has 198 valence electrons. The van der Waals surface area contributed by atoms with E-state index in [-0.39, 0.29) is 16.6 Å². The molecule has 5 rings (SSSR count). The van der Waals surface area contributed by atoms with Gasteiger partial charge in [-0.25, -0.2) is 18.7 Å². The van der Waals surface area contributed by atoms with Gasteiger partial charge in [0, 0.05) is 36.2 Å². The topological polar surface area (TPSA) is 83.3 Å². The second-order valence-electron chi connectivity index (χ2n) is 8.67. The minimum Gasteiger partial charge on any atom is -0.383 e. The number of hydrogen-bond acceptors (Lipinski definition) is 11. The second kappa shape index (κ2) is 12.8. The monoisotopic (exact) mass is 574 g/mol. The quantitative estimate of drug-likeness (QED) is 0.260. The number of hydrogen-bond donors (Lipinski definition) is 3. The molecule has 1 saturated carbocycles. The molecule has 1 aliphatic heterocycles. The van der Waals surface area contributed by atoms with Gasteiger partial charge in [0.1, 0.15) is 10.5 Å². The highest BCUT2D eigenvalue weighted by Crippen LogP contribution is 2.38. The number of fused-ring (bicyclic) bond motifs is 1. The van der Waals surface area contributed by atoms with E-state index in [9.17, 15) is 8.78 Å². The summed E-state index contributed by atoms with van der Waals surface area (Å²) in [7, 11) is 0. The van der Waals surface area contributed by atoms with Crippen molar-refractivity contribution in [1.82, 2.24) is 34.6 Å². The molecule has 2 N–H and O–H groups in total. The van der Waals surface area contributed by atoms with Gasteiger partial charge < -0.3 is 10.2 Å². The molecule has 4 heterocycles. The number of nitrogens with zero attached hydrogens (tertiary/aromatic N) is 6. The summed E-state index contributed by atoms with van der Waals surface area (Å²) in [5.41, 5.74) is 1.96. The number of allylic oxidation sites excluding steroid dienone is 1. The molecule has 0 aromatic carbocycles. The number of aromatic nitrogens is 5. The Morgan fingerprint density at radius 3 is 2.56 bits per heavy atom. The molecule has 14 heteroatoms. The Kier molecular flexibility index (Phi) is 10.3. The van der Waals surface area contributed by atoms with Crippen LogP contribution >= 0.6 is 47.7 Å². The molecule has 2 aliphatic rings. The van der Waals surface area contributed by atoms with E-state index in [0.29, 0.717) is 10.8 Å². The SMILES string of the molecule is CC1=CN(c2nc(SNC3(C)CC3)cn3c(-c4nnc(C(F)F)s4)ncc23)C[C@H](C)N1.CS.CSC. The van der Waals surface area contributed by atoms with E-state index in [0.717, 1.165) is 52.8 Å². The lowest BCUT2D eigenvalue weighted by Gasteiger charge is -2.31. The Morgan fingerprint density at radius 2 is 1.97 bits per heavy atom. The van der Waals surface area contributed by atoms with E-state index in [1.807, 2.05) is 36.2 Å². The summed E-state index contributed by atoms with van der Waals surface area (Å²) in [6.45, 7) is 7.06. The number of imidazole rings is 1. The van der Waals surface area contributed by atoms with Crippen molar-refractivity contribution in [2.75, 3.05) is 30.2 Å². The maximum atomic E-state index is 13.0. The van der Waals surface area contributed by atoms with Crippen molar-refractivity contribution in [3.05, 3.63) is 29.3 Å². The van der Waals surface area contributed by atoms with E-state index in [1.54, 1.807) is 24.2 Å². The summed E-state index contributed by atoms with van der Waals surface area (Å²) in [4.78, 5) is 11.5. The number of thiol groups is 1. The fourth-order valence-corrected chi connectivity index (χ4v) is 4.99. The van der Waals surface area contributed by atoms with Crippen molar-refractivity contribution in [2.45, 2.75) is 56.6 Å². The van der Waals surface area contributed by atoms with Crippen LogP contribution in [0, 0.1) is 0 Å². The van der Waals surface area contributed by atoms with Crippen LogP contribution in [0.25, 0.3) is 16.3 Å². The minimum atomic E-state index is -2.65. The first kappa shape index (κ1) is 29.0. The Balaban J connectivity index is 0.000000674. The molecule has 1 atom stereocenters. The number of thioether (sulfide) groups is 1. The molecule has 0 spiro atoms. The molecule has 0 saturated heterocycles. The first-order valence-corrected chi connectivity index (χ1v) is 15.4. The summed E-state index contributed by atoms with van der Waals surface area (Å²) in [6.07, 6.45) is 11.0. The molecule has 1 fully saturated rings. The number of anilines is 1. The fraction of sp³-hybridized carbons (Fsp3) is 0.545. The first-order chi connectivity index (χ1) is 17.2. The lowest BCUT2D eigenvalue weighted by atomic mass is 10.2. The van der Waals surface area contributed by atoms with Crippen LogP contribution in [-0.2, 0) is 0 Å². The highest BCUT2D eigenvalue weighted by Gasteiger charge is 2.37. The van der Waals surface area contributed by atoms with Gasteiger partial charge in [-0.15, -0.1) is 10.2 Å². The van der Waals surface area contributed by atoms with Crippen LogP contribution in [0.4, 0.5) is 14.6 Å². The van der Waals surface area contributed by atoms with Crippen LogP contribution in [-0.4, -0.2) is 61.5 Å². The fourth-order valence-electron chi connectivity index (χ4n) is 3.46. The summed E-state index contributed by atoms with van der Waals surface area (Å²) in [6, 6.07) is 0.255. The molecule has 0 radical (unpaired) electrons. The van der Waals surface area contributed by atoms with E-state index in [4.69, 9.17) is 4.98 Å². The molecule has 1 aliphatic carbocycles. The van der Waals surface area contributed by atoms with Gasteiger partial charge in [-0.1, -0.05) is 11.3 Å². The van der Waals surface area contributed by atoms with Crippen molar-refractivity contribution in [2.24, 2.45) is 0 Å². The third-order valence-electron chi connectivity index (χ3n) is 5.27. The van der Waals surface area contributed by atoms with Gasteiger partial charge >= 0.3 is 0 Å². The standard InChI is InChI=1S/C19H22F2N8S2.C2H6S.CH4S/c1-10-7-28(8-11(2)23-10)15-12-6-22-16(18-26-25-17(30-18)14(20)21)29(12)9-13(24-15)31-27-19(3)4-5-19;1-3-2;1-2/h6-7,9,11,14,23,27H,4-5,8H2,1-3H3;1-2H3;2H,1H3/t11-;;/m0../s1. The van der Waals surface area contributed by atoms with E-state index in [2.05, 4.69) is 56.6 Å². The summed E-state index contributed by atoms with van der Waals surface area (Å²) in [5.74, 6) is 1.24. The summed E-state index contributed by atoms with van der Waals surface area (Å²) < 4.78 is 31.4. The Morgan fingerprint density at radius 1 is 1.28 bits per heavy atom. The minimum absolute atomic E-state index is 0.130. The van der Waals surface area contributed by atoms with Gasteiger partial charge in [0.25, 0.3) is 6.43 Å². The van der Waals surface area contributed by atoms with Crippen molar-refractivity contribution < 1.29 is 8.78 Å². The van der Waals surface area contributed by atoms with Crippen LogP contribution in [0.15, 0.2) is 29.3 Å². The molecule has 36 heavy (non-hydrogen) atoms. The van der Waals surface area contributed by atoms with Gasteiger partial charge in [-0.2, -0.15) is 24.4 Å². The van der Waals surface area contributed by atoms with Gasteiger partial charge in [0.05, 0.1) is 6.20 Å². The van der Waals surface area contributed by atoms with E-state index < -0.39 is 6.43 Å². The van der Waals surface area contributed by atoms with Crippen molar-refractivity contribution in [1.29, 1.82) is 0 Å². The largest absolute Gasteiger partial charge is 0.383 e. The predicted molar refractivity (Wildman–Crippen MR) is 152 cm³/mol. The van der Waals surface area contributed by atoms with Gasteiger partial charge in [0.15, 0.2) is 21.7 Å². The summed E-state index contributed by atoms with van der Waals surface area (Å²) in [5, 5.41) is 11.8. The van der Waals surface area contributed by atoms with E-state index in [1.165, 1.54) is 11.9 Å². The average molecular weight is 575 g/mol. The van der Waals surface area contributed by atoms with Gasteiger partial charge in [-0.3, -0.25) is 9.12 Å². The zero-order chi connectivity index (χ0) is 26.5. The Labute approximate surface area is 228 Å². The first-order valence-electron chi connectivity index (χ1n) is 11.2. The smallest absolute Gasteiger partial charge is 0.291 e. The third-order valence-corrected chi connectivity index (χ3v) is 7.20. The van der Waals surface area contributed by atoms with E-state index >= 15 is 0 Å². The van der Waals surface area contributed by atoms with Crippen molar-refractivity contribution in [3.63, 3.8) is 0 Å². The van der Waals surface area contributed by atoms with Crippen LogP contribution in [0.2, 0.25) is 0 Å². The lowest BCUT2D eigenvalue weighted by molar-refractivity contribution is 0.150. The maximum absolute atomic E-state index is 13.0. The summed E-state index contributed by atoms with van der Waals surface area (Å²) >= 11 is 7.61. The lowest BCUT2D eigenvalue weighted by Crippen LogP contribution is -2.41. The normalized spacial score (nSPS) is 18.1. The highest BCUT2D eigenvalue weighted by atomic mass is 32.2. The number of nitrogens with one attached hydrogen (secondary N) is 2. The second-order valence-corrected chi connectivity index (χ2v) is 11.3. The number of alkyl halides is 2. The average Bonchev–Trinajstić information content (AvgIpc) is 3.22. The molecule has 3 aromatic heterocycles. The van der Waals surface area contributed by atoms with Gasteiger partial charge in [0.2, 0.25) is 0 Å². The maximum Gasteiger partial charge on any atom is 0.291 e. The molecule has 3 aromatic rings. The highest BCUT2D eigenvalue weighted by molar-refractivity contribution is 7.97. The zero-order valence-electron chi connectivity index (χ0n) is 21.1. The van der Waals surface area contributed by atoms with Gasteiger partial charge in [-0.05, 0) is 64.3 Å².